The van der Waals surface area contributed by atoms with Gasteiger partial charge in [0.1, 0.15) is 0 Å². The zero-order valence-corrected chi connectivity index (χ0v) is 12.6. The summed E-state index contributed by atoms with van der Waals surface area (Å²) in [4.78, 5) is 16.3. The summed E-state index contributed by atoms with van der Waals surface area (Å²) in [7, 11) is 0. The largest absolute Gasteiger partial charge is 0.368 e. The topological polar surface area (TPSA) is 49.6 Å². The summed E-state index contributed by atoms with van der Waals surface area (Å²) in [5.74, 6) is 0.474. The molecule has 1 aliphatic rings. The molecule has 2 rings (SSSR count). The number of anilines is 1. The second-order valence-corrected chi connectivity index (χ2v) is 5.83. The van der Waals surface area contributed by atoms with E-state index >= 15 is 0 Å². The quantitative estimate of drug-likeness (QED) is 0.924. The van der Waals surface area contributed by atoms with Gasteiger partial charge in [0.25, 0.3) is 0 Å². The number of rotatable bonds is 4. The lowest BCUT2D eigenvalue weighted by atomic mass is 10.1. The third-order valence-electron chi connectivity index (χ3n) is 3.73. The Morgan fingerprint density at radius 3 is 2.65 bits per heavy atom. The summed E-state index contributed by atoms with van der Waals surface area (Å²) in [5, 5.41) is 0.748. The van der Waals surface area contributed by atoms with Crippen LogP contribution < -0.4 is 10.6 Å². The number of hydrogen-bond acceptors (Lipinski definition) is 3. The van der Waals surface area contributed by atoms with Crippen molar-refractivity contribution in [3.05, 3.63) is 29.3 Å². The number of amides is 1. The Morgan fingerprint density at radius 2 is 2.05 bits per heavy atom. The number of carbonyl (C=O) groups is 1. The molecule has 2 N–H and O–H groups in total. The Hall–Kier alpha value is -1.26. The predicted octanol–water partition coefficient (Wildman–Crippen LogP) is 1.97. The van der Waals surface area contributed by atoms with Crippen LogP contribution in [0.25, 0.3) is 0 Å². The molecular weight excluding hydrogens is 274 g/mol. The van der Waals surface area contributed by atoms with Crippen LogP contribution >= 0.6 is 11.6 Å². The molecule has 1 unspecified atom stereocenters. The Morgan fingerprint density at radius 1 is 1.35 bits per heavy atom. The van der Waals surface area contributed by atoms with E-state index in [2.05, 4.69) is 11.0 Å². The highest BCUT2D eigenvalue weighted by atomic mass is 35.5. The molecule has 110 valence electrons. The maximum Gasteiger partial charge on any atom is 0.223 e. The molecule has 0 radical (unpaired) electrons. The molecular formula is C15H22ClN3O. The van der Waals surface area contributed by atoms with E-state index < -0.39 is 0 Å². The summed E-state index contributed by atoms with van der Waals surface area (Å²) in [6.07, 6.45) is 0.549. The first-order valence-electron chi connectivity index (χ1n) is 7.08. The van der Waals surface area contributed by atoms with Crippen LogP contribution in [-0.4, -0.2) is 43.5 Å². The van der Waals surface area contributed by atoms with Crippen LogP contribution in [0.5, 0.6) is 0 Å². The second-order valence-electron chi connectivity index (χ2n) is 5.39. The van der Waals surface area contributed by atoms with Gasteiger partial charge in [-0.2, -0.15) is 0 Å². The van der Waals surface area contributed by atoms with E-state index in [1.54, 1.807) is 0 Å². The third kappa shape index (κ3) is 3.87. The molecule has 1 amide bonds. The molecule has 1 atom stereocenters. The monoisotopic (exact) mass is 295 g/mol. The summed E-state index contributed by atoms with van der Waals surface area (Å²) in [5.41, 5.74) is 6.70. The van der Waals surface area contributed by atoms with Crippen molar-refractivity contribution >= 4 is 23.2 Å². The van der Waals surface area contributed by atoms with E-state index in [0.717, 1.165) is 36.9 Å². The van der Waals surface area contributed by atoms with Crippen molar-refractivity contribution in [3.63, 3.8) is 0 Å². The van der Waals surface area contributed by atoms with Crippen molar-refractivity contribution in [2.45, 2.75) is 13.3 Å². The fourth-order valence-electron chi connectivity index (χ4n) is 2.40. The number of nitrogens with two attached hydrogens (primary N) is 1. The lowest BCUT2D eigenvalue weighted by Crippen LogP contribution is -2.49. The minimum Gasteiger partial charge on any atom is -0.368 e. The predicted molar refractivity (Wildman–Crippen MR) is 83.1 cm³/mol. The number of nitrogens with zero attached hydrogens (tertiary/aromatic N) is 2. The van der Waals surface area contributed by atoms with Crippen molar-refractivity contribution in [3.8, 4) is 0 Å². The van der Waals surface area contributed by atoms with E-state index in [0.29, 0.717) is 13.0 Å². The average Bonchev–Trinajstić information content (AvgIpc) is 2.47. The van der Waals surface area contributed by atoms with Crippen molar-refractivity contribution < 1.29 is 4.79 Å². The maximum atomic E-state index is 12.1. The van der Waals surface area contributed by atoms with E-state index in [9.17, 15) is 4.79 Å². The van der Waals surface area contributed by atoms with Gasteiger partial charge in [0, 0.05) is 43.3 Å². The lowest BCUT2D eigenvalue weighted by Gasteiger charge is -2.36. The highest BCUT2D eigenvalue weighted by Crippen LogP contribution is 2.21. The van der Waals surface area contributed by atoms with Crippen LogP contribution in [-0.2, 0) is 4.79 Å². The van der Waals surface area contributed by atoms with Crippen LogP contribution in [0.4, 0.5) is 5.69 Å². The molecule has 1 aromatic rings. The van der Waals surface area contributed by atoms with Gasteiger partial charge in [-0.15, -0.1) is 0 Å². The molecule has 1 aliphatic heterocycles. The maximum absolute atomic E-state index is 12.1. The molecule has 0 bridgehead atoms. The molecule has 4 nitrogen and oxygen atoms in total. The number of carbonyl (C=O) groups excluding carboxylic acids is 1. The normalized spacial score (nSPS) is 17.1. The molecule has 1 saturated heterocycles. The van der Waals surface area contributed by atoms with Gasteiger partial charge in [-0.25, -0.2) is 0 Å². The van der Waals surface area contributed by atoms with E-state index in [4.69, 9.17) is 17.3 Å². The smallest absolute Gasteiger partial charge is 0.223 e. The van der Waals surface area contributed by atoms with E-state index in [1.165, 1.54) is 0 Å². The van der Waals surface area contributed by atoms with Gasteiger partial charge in [0.05, 0.1) is 0 Å². The standard InChI is InChI=1S/C15H22ClN3O/c1-12(11-17)9-15(20)19-7-5-18(6-8-19)14-4-2-3-13(16)10-14/h2-4,10,12H,5-9,11,17H2,1H3. The third-order valence-corrected chi connectivity index (χ3v) is 3.97. The Kier molecular flexibility index (Phi) is 5.26. The first-order valence-corrected chi connectivity index (χ1v) is 7.46. The number of piperazine rings is 1. The van der Waals surface area contributed by atoms with Crippen LogP contribution in [0.15, 0.2) is 24.3 Å². The van der Waals surface area contributed by atoms with Gasteiger partial charge in [0.2, 0.25) is 5.91 Å². The summed E-state index contributed by atoms with van der Waals surface area (Å²) < 4.78 is 0. The van der Waals surface area contributed by atoms with Gasteiger partial charge in [-0.1, -0.05) is 24.6 Å². The molecule has 0 aliphatic carbocycles. The minimum absolute atomic E-state index is 0.216. The summed E-state index contributed by atoms with van der Waals surface area (Å²) in [6, 6.07) is 7.85. The molecule has 0 aromatic heterocycles. The fraction of sp³-hybridized carbons (Fsp3) is 0.533. The Bertz CT molecular complexity index is 458. The van der Waals surface area contributed by atoms with Crippen LogP contribution in [0, 0.1) is 5.92 Å². The highest BCUT2D eigenvalue weighted by molar-refractivity contribution is 6.30. The number of hydrogen-bond donors (Lipinski definition) is 1. The van der Waals surface area contributed by atoms with Crippen LogP contribution in [0.3, 0.4) is 0 Å². The molecule has 1 fully saturated rings. The van der Waals surface area contributed by atoms with Crippen LogP contribution in [0.2, 0.25) is 5.02 Å². The van der Waals surface area contributed by atoms with Gasteiger partial charge >= 0.3 is 0 Å². The molecule has 20 heavy (non-hydrogen) atoms. The van der Waals surface area contributed by atoms with E-state index in [1.807, 2.05) is 30.0 Å². The van der Waals surface area contributed by atoms with Crippen molar-refractivity contribution in [2.24, 2.45) is 11.7 Å². The number of halogens is 1. The average molecular weight is 296 g/mol. The first kappa shape index (κ1) is 15.1. The Balaban J connectivity index is 1.87. The van der Waals surface area contributed by atoms with Gasteiger partial charge in [-0.05, 0) is 30.7 Å². The Labute approximate surface area is 125 Å². The minimum atomic E-state index is 0.216. The van der Waals surface area contributed by atoms with E-state index in [-0.39, 0.29) is 11.8 Å². The number of benzene rings is 1. The molecule has 1 heterocycles. The van der Waals surface area contributed by atoms with Crippen molar-refractivity contribution in [1.29, 1.82) is 0 Å². The SMILES string of the molecule is CC(CN)CC(=O)N1CCN(c2cccc(Cl)c2)CC1. The van der Waals surface area contributed by atoms with Gasteiger partial charge in [0.15, 0.2) is 0 Å². The zero-order chi connectivity index (χ0) is 14.5. The van der Waals surface area contributed by atoms with Gasteiger partial charge < -0.3 is 15.5 Å². The molecule has 0 spiro atoms. The first-order chi connectivity index (χ1) is 9.60. The summed E-state index contributed by atoms with van der Waals surface area (Å²) >= 11 is 6.01. The summed E-state index contributed by atoms with van der Waals surface area (Å²) in [6.45, 7) is 5.81. The lowest BCUT2D eigenvalue weighted by molar-refractivity contribution is -0.132. The van der Waals surface area contributed by atoms with Crippen molar-refractivity contribution in [1.82, 2.24) is 4.90 Å². The van der Waals surface area contributed by atoms with Crippen molar-refractivity contribution in [2.75, 3.05) is 37.6 Å². The zero-order valence-electron chi connectivity index (χ0n) is 11.9. The van der Waals surface area contributed by atoms with Gasteiger partial charge in [-0.3, -0.25) is 4.79 Å². The molecule has 0 saturated carbocycles. The second kappa shape index (κ2) is 6.95. The molecule has 5 heteroatoms. The van der Waals surface area contributed by atoms with Crippen LogP contribution in [0.1, 0.15) is 13.3 Å². The molecule has 1 aromatic carbocycles. The highest BCUT2D eigenvalue weighted by Gasteiger charge is 2.22. The fourth-order valence-corrected chi connectivity index (χ4v) is 2.58.